The van der Waals surface area contributed by atoms with Crippen LogP contribution in [0.1, 0.15) is 58.1 Å². The van der Waals surface area contributed by atoms with Crippen molar-refractivity contribution in [3.8, 4) is 5.75 Å². The van der Waals surface area contributed by atoms with Crippen LogP contribution in [0.15, 0.2) is 24.3 Å². The lowest BCUT2D eigenvalue weighted by Crippen LogP contribution is -2.46. The Bertz CT molecular complexity index is 681. The van der Waals surface area contributed by atoms with Crippen LogP contribution in [0.4, 0.5) is 0 Å². The highest BCUT2D eigenvalue weighted by Gasteiger charge is 2.32. The molecule has 0 aromatic heterocycles. The van der Waals surface area contributed by atoms with E-state index in [0.29, 0.717) is 13.2 Å². The fraction of sp³-hybridized carbons (Fsp3) is 0.652. The van der Waals surface area contributed by atoms with E-state index in [-0.39, 0.29) is 29.8 Å². The van der Waals surface area contributed by atoms with Gasteiger partial charge in [0, 0.05) is 18.5 Å². The van der Waals surface area contributed by atoms with Gasteiger partial charge >= 0.3 is 0 Å². The summed E-state index contributed by atoms with van der Waals surface area (Å²) in [4.78, 5) is 29.4. The van der Waals surface area contributed by atoms with E-state index in [1.165, 1.54) is 5.56 Å². The lowest BCUT2D eigenvalue weighted by molar-refractivity contribution is -0.134. The quantitative estimate of drug-likeness (QED) is 0.763. The molecular weight excluding hydrogens is 366 g/mol. The normalized spacial score (nSPS) is 20.8. The second kappa shape index (κ2) is 10.1. The van der Waals surface area contributed by atoms with Crippen LogP contribution in [0.3, 0.4) is 0 Å². The minimum Gasteiger partial charge on any atom is -0.494 e. The summed E-state index contributed by atoms with van der Waals surface area (Å²) in [6, 6.07) is 8.49. The van der Waals surface area contributed by atoms with Crippen LogP contribution in [0.2, 0.25) is 0 Å². The summed E-state index contributed by atoms with van der Waals surface area (Å²) in [7, 11) is 0. The van der Waals surface area contributed by atoms with Crippen molar-refractivity contribution in [2.75, 3.05) is 32.8 Å². The van der Waals surface area contributed by atoms with E-state index in [4.69, 9.17) is 4.74 Å². The Balaban J connectivity index is 1.52. The van der Waals surface area contributed by atoms with Crippen LogP contribution < -0.4 is 10.1 Å². The minimum atomic E-state index is 0.0761. The number of rotatable bonds is 7. The first-order valence-electron chi connectivity index (χ1n) is 11.0. The lowest BCUT2D eigenvalue weighted by atomic mass is 9.95. The Morgan fingerprint density at radius 1 is 1.10 bits per heavy atom. The minimum absolute atomic E-state index is 0.0761. The second-order valence-electron chi connectivity index (χ2n) is 8.46. The van der Waals surface area contributed by atoms with Crippen molar-refractivity contribution in [3.05, 3.63) is 29.8 Å². The van der Waals surface area contributed by atoms with Crippen molar-refractivity contribution in [3.63, 3.8) is 0 Å². The average Bonchev–Trinajstić information content (AvgIpc) is 3.19. The SMILES string of the molecule is CCOc1ccc(C2CCCN2C(=O)CN2CCC(C(=O)NC(C)C)CC2)cc1. The van der Waals surface area contributed by atoms with Crippen molar-refractivity contribution in [1.82, 2.24) is 15.1 Å². The molecule has 2 aliphatic heterocycles. The molecule has 1 aromatic rings. The maximum atomic E-state index is 13.0. The number of likely N-dealkylation sites (tertiary alicyclic amines) is 2. The van der Waals surface area contributed by atoms with Crippen molar-refractivity contribution < 1.29 is 14.3 Å². The zero-order valence-corrected chi connectivity index (χ0v) is 18.0. The third kappa shape index (κ3) is 5.72. The highest BCUT2D eigenvalue weighted by molar-refractivity contribution is 5.80. The number of carbonyl (C=O) groups is 2. The smallest absolute Gasteiger partial charge is 0.237 e. The molecule has 0 radical (unpaired) electrons. The molecule has 1 N–H and O–H groups in total. The molecule has 0 saturated carbocycles. The fourth-order valence-corrected chi connectivity index (χ4v) is 4.40. The molecule has 2 aliphatic rings. The summed E-state index contributed by atoms with van der Waals surface area (Å²) in [5, 5.41) is 3.01. The molecule has 1 atom stereocenters. The largest absolute Gasteiger partial charge is 0.494 e. The lowest BCUT2D eigenvalue weighted by Gasteiger charge is -2.33. The van der Waals surface area contributed by atoms with Crippen LogP contribution in [0, 0.1) is 5.92 Å². The molecule has 0 bridgehead atoms. The van der Waals surface area contributed by atoms with Gasteiger partial charge in [-0.1, -0.05) is 12.1 Å². The number of piperidine rings is 1. The van der Waals surface area contributed by atoms with Gasteiger partial charge in [0.05, 0.1) is 19.2 Å². The Morgan fingerprint density at radius 2 is 1.79 bits per heavy atom. The van der Waals surface area contributed by atoms with E-state index in [9.17, 15) is 9.59 Å². The Hall–Kier alpha value is -2.08. The molecule has 3 rings (SSSR count). The zero-order valence-electron chi connectivity index (χ0n) is 18.0. The van der Waals surface area contributed by atoms with Crippen LogP contribution in [-0.2, 0) is 9.59 Å². The molecule has 2 amide bonds. The summed E-state index contributed by atoms with van der Waals surface area (Å²) < 4.78 is 5.53. The topological polar surface area (TPSA) is 61.9 Å². The van der Waals surface area contributed by atoms with Crippen LogP contribution in [-0.4, -0.2) is 60.4 Å². The van der Waals surface area contributed by atoms with E-state index in [0.717, 1.165) is 51.1 Å². The van der Waals surface area contributed by atoms with Gasteiger partial charge in [-0.05, 0) is 77.2 Å². The first kappa shape index (κ1) is 21.6. The molecule has 2 saturated heterocycles. The van der Waals surface area contributed by atoms with Gasteiger partial charge in [0.15, 0.2) is 0 Å². The number of hydrogen-bond donors (Lipinski definition) is 1. The Labute approximate surface area is 174 Å². The van der Waals surface area contributed by atoms with Gasteiger partial charge in [-0.2, -0.15) is 0 Å². The molecule has 2 fully saturated rings. The summed E-state index contributed by atoms with van der Waals surface area (Å²) >= 11 is 0. The third-order valence-corrected chi connectivity index (χ3v) is 5.90. The number of nitrogens with zero attached hydrogens (tertiary/aromatic N) is 2. The van der Waals surface area contributed by atoms with Crippen molar-refractivity contribution >= 4 is 11.8 Å². The van der Waals surface area contributed by atoms with Crippen molar-refractivity contribution in [2.45, 2.75) is 58.5 Å². The van der Waals surface area contributed by atoms with E-state index >= 15 is 0 Å². The number of ether oxygens (including phenoxy) is 1. The number of carbonyl (C=O) groups excluding carboxylic acids is 2. The number of amides is 2. The predicted octanol–water partition coefficient (Wildman–Crippen LogP) is 2.99. The highest BCUT2D eigenvalue weighted by atomic mass is 16.5. The van der Waals surface area contributed by atoms with E-state index in [1.54, 1.807) is 0 Å². The van der Waals surface area contributed by atoms with Gasteiger partial charge in [-0.15, -0.1) is 0 Å². The summed E-state index contributed by atoms with van der Waals surface area (Å²) in [5.74, 6) is 1.30. The van der Waals surface area contributed by atoms with E-state index < -0.39 is 0 Å². The maximum Gasteiger partial charge on any atom is 0.237 e. The van der Waals surface area contributed by atoms with Crippen LogP contribution >= 0.6 is 0 Å². The molecule has 1 aromatic carbocycles. The molecule has 29 heavy (non-hydrogen) atoms. The number of benzene rings is 1. The molecule has 6 nitrogen and oxygen atoms in total. The van der Waals surface area contributed by atoms with Crippen LogP contribution in [0.5, 0.6) is 5.75 Å². The Kier molecular flexibility index (Phi) is 7.53. The van der Waals surface area contributed by atoms with Crippen molar-refractivity contribution in [2.24, 2.45) is 5.92 Å². The predicted molar refractivity (Wildman–Crippen MR) is 114 cm³/mol. The number of nitrogens with one attached hydrogen (secondary N) is 1. The van der Waals surface area contributed by atoms with Crippen LogP contribution in [0.25, 0.3) is 0 Å². The van der Waals surface area contributed by atoms with Gasteiger partial charge in [-0.25, -0.2) is 0 Å². The molecular formula is C23H35N3O3. The van der Waals surface area contributed by atoms with Gasteiger partial charge in [0.2, 0.25) is 11.8 Å². The molecule has 1 unspecified atom stereocenters. The van der Waals surface area contributed by atoms with E-state index in [1.807, 2.05) is 37.8 Å². The standard InChI is InChI=1S/C23H35N3O3/c1-4-29-20-9-7-18(8-10-20)21-6-5-13-26(21)22(27)16-25-14-11-19(12-15-25)23(28)24-17(2)3/h7-10,17,19,21H,4-6,11-16H2,1-3H3,(H,24,28). The first-order chi connectivity index (χ1) is 14.0. The molecule has 0 aliphatic carbocycles. The molecule has 160 valence electrons. The monoisotopic (exact) mass is 401 g/mol. The highest BCUT2D eigenvalue weighted by Crippen LogP contribution is 2.33. The second-order valence-corrected chi connectivity index (χ2v) is 8.46. The summed E-state index contributed by atoms with van der Waals surface area (Å²) in [6.45, 7) is 9.50. The molecule has 6 heteroatoms. The van der Waals surface area contributed by atoms with Gasteiger partial charge in [-0.3, -0.25) is 14.5 Å². The fourth-order valence-electron chi connectivity index (χ4n) is 4.40. The van der Waals surface area contributed by atoms with Gasteiger partial charge in [0.1, 0.15) is 5.75 Å². The first-order valence-corrected chi connectivity index (χ1v) is 11.0. The molecule has 0 spiro atoms. The average molecular weight is 402 g/mol. The zero-order chi connectivity index (χ0) is 20.8. The Morgan fingerprint density at radius 3 is 2.41 bits per heavy atom. The third-order valence-electron chi connectivity index (χ3n) is 5.90. The number of hydrogen-bond acceptors (Lipinski definition) is 4. The van der Waals surface area contributed by atoms with E-state index in [2.05, 4.69) is 22.3 Å². The summed E-state index contributed by atoms with van der Waals surface area (Å²) in [6.07, 6.45) is 3.71. The van der Waals surface area contributed by atoms with Crippen molar-refractivity contribution in [1.29, 1.82) is 0 Å². The summed E-state index contributed by atoms with van der Waals surface area (Å²) in [5.41, 5.74) is 1.18. The maximum absolute atomic E-state index is 13.0. The van der Waals surface area contributed by atoms with Gasteiger partial charge < -0.3 is 15.0 Å². The molecule has 2 heterocycles. The van der Waals surface area contributed by atoms with Gasteiger partial charge in [0.25, 0.3) is 0 Å².